The van der Waals surface area contributed by atoms with Crippen LogP contribution in [0.2, 0.25) is 0 Å². The van der Waals surface area contributed by atoms with Crippen molar-refractivity contribution in [1.82, 2.24) is 9.13 Å². The van der Waals surface area contributed by atoms with Gasteiger partial charge in [0.25, 0.3) is 0 Å². The quantitative estimate of drug-likeness (QED) is 0.163. The molecule has 13 rings (SSSR count). The second-order valence-corrected chi connectivity index (χ2v) is 21.3. The number of para-hydroxylation sites is 3. The van der Waals surface area contributed by atoms with Gasteiger partial charge in [0.05, 0.1) is 22.1 Å². The van der Waals surface area contributed by atoms with E-state index >= 15 is 9.13 Å². The number of hydrogen-bond donors (Lipinski definition) is 0. The van der Waals surface area contributed by atoms with Gasteiger partial charge in [-0.05, 0) is 71.8 Å². The smallest absolute Gasteiger partial charge is 0.172 e. The lowest BCUT2D eigenvalue weighted by molar-refractivity contribution is 0.592. The first-order chi connectivity index (χ1) is 29.5. The first-order valence-electron chi connectivity index (χ1n) is 20.3. The predicted molar refractivity (Wildman–Crippen MR) is 252 cm³/mol. The third-order valence-electron chi connectivity index (χ3n) is 12.9. The van der Waals surface area contributed by atoms with Gasteiger partial charge in [-0.25, -0.2) is 0 Å². The Morgan fingerprint density at radius 3 is 1.28 bits per heavy atom. The summed E-state index contributed by atoms with van der Waals surface area (Å²) in [6.45, 7) is 0. The average molecular weight is 805 g/mol. The topological polar surface area (TPSA) is 44.0 Å². The van der Waals surface area contributed by atoms with E-state index in [1.807, 2.05) is 78.9 Å². The molecule has 60 heavy (non-hydrogen) atoms. The molecule has 0 amide bonds. The van der Waals surface area contributed by atoms with Gasteiger partial charge in [-0.3, -0.25) is 0 Å². The van der Waals surface area contributed by atoms with E-state index < -0.39 is 14.3 Å². The van der Waals surface area contributed by atoms with Gasteiger partial charge >= 0.3 is 0 Å². The van der Waals surface area contributed by atoms with E-state index in [2.05, 4.69) is 137 Å². The Kier molecular flexibility index (Phi) is 6.95. The van der Waals surface area contributed by atoms with E-state index in [1.54, 1.807) is 0 Å². The summed E-state index contributed by atoms with van der Waals surface area (Å²) in [5.41, 5.74) is 10.4. The molecular weight excluding hydrogens is 771 g/mol. The van der Waals surface area contributed by atoms with Crippen LogP contribution in [0.15, 0.2) is 206 Å². The summed E-state index contributed by atoms with van der Waals surface area (Å²) in [5, 5.41) is 9.45. The monoisotopic (exact) mass is 804 g/mol. The first-order valence-corrected chi connectivity index (χ1v) is 23.7. The van der Waals surface area contributed by atoms with Crippen LogP contribution in [-0.4, -0.2) is 9.13 Å². The average Bonchev–Trinajstić information content (AvgIpc) is 3.99. The molecule has 2 unspecified atom stereocenters. The summed E-state index contributed by atoms with van der Waals surface area (Å²) in [6.07, 6.45) is 0. The number of nitrogens with zero attached hydrogens (tertiary/aromatic N) is 2. The molecule has 0 aliphatic carbocycles. The molecule has 2 atom stereocenters. The molecule has 0 spiro atoms. The van der Waals surface area contributed by atoms with Gasteiger partial charge in [0.1, 0.15) is 0 Å². The van der Waals surface area contributed by atoms with Crippen molar-refractivity contribution >= 4 is 89.7 Å². The van der Waals surface area contributed by atoms with Gasteiger partial charge in [0, 0.05) is 75.9 Å². The minimum absolute atomic E-state index is 0.775. The summed E-state index contributed by atoms with van der Waals surface area (Å²) in [5.74, 6) is 0. The standard InChI is InChI=1S/C54H34N2O2P2/c57-59(39-20-6-2-7-21-39)49-28-15-29-50-53(49)54-51(59)31-36(32-52(54)60(50,58)40-22-8-3-9-23-40)35-16-14-19-38(30-35)56-46-27-13-11-25-42(46)44-33-47-43(34-48(44)56)41-24-10-12-26-45(41)55(47)37-17-4-1-5-18-37/h1-34H. The Balaban J connectivity index is 1.07. The highest BCUT2D eigenvalue weighted by Crippen LogP contribution is 2.61. The van der Waals surface area contributed by atoms with Crippen LogP contribution >= 0.6 is 14.3 Å². The zero-order valence-corrected chi connectivity index (χ0v) is 34.0. The molecule has 0 bridgehead atoms. The number of aromatic nitrogens is 2. The van der Waals surface area contributed by atoms with Gasteiger partial charge in [0.2, 0.25) is 0 Å². The summed E-state index contributed by atoms with van der Waals surface area (Å²) >= 11 is 0. The maximum absolute atomic E-state index is 15.9. The molecule has 0 saturated carbocycles. The van der Waals surface area contributed by atoms with Crippen LogP contribution in [0.1, 0.15) is 0 Å². The normalized spacial score (nSPS) is 17.6. The SMILES string of the molecule is O=P1(c2ccccc2)c2cccc3c2-c2c1cc(-c1cccc(-n4c5ccccc5c5cc6c(cc54)c4ccccc4n6-c4ccccc4)c1)cc2P3(=O)c1ccccc1. The maximum atomic E-state index is 15.9. The second-order valence-electron chi connectivity index (χ2n) is 15.9. The number of benzene rings is 9. The van der Waals surface area contributed by atoms with E-state index in [1.165, 1.54) is 27.1 Å². The molecule has 2 aliphatic heterocycles. The van der Waals surface area contributed by atoms with E-state index in [9.17, 15) is 0 Å². The number of hydrogen-bond acceptors (Lipinski definition) is 2. The van der Waals surface area contributed by atoms with Crippen LogP contribution in [0.25, 0.3) is 77.2 Å². The lowest BCUT2D eigenvalue weighted by Gasteiger charge is -2.23. The van der Waals surface area contributed by atoms with Gasteiger partial charge in [0.15, 0.2) is 14.3 Å². The van der Waals surface area contributed by atoms with Crippen molar-refractivity contribution in [3.05, 3.63) is 206 Å². The Bertz CT molecular complexity index is 3620. The molecule has 4 nitrogen and oxygen atoms in total. The van der Waals surface area contributed by atoms with Gasteiger partial charge < -0.3 is 18.3 Å². The fourth-order valence-corrected chi connectivity index (χ4v) is 16.7. The lowest BCUT2D eigenvalue weighted by atomic mass is 10.00. The van der Waals surface area contributed by atoms with E-state index in [-0.39, 0.29) is 0 Å². The van der Waals surface area contributed by atoms with Gasteiger partial charge in [-0.1, -0.05) is 146 Å². The molecule has 2 aliphatic rings. The van der Waals surface area contributed by atoms with Crippen molar-refractivity contribution in [3.8, 4) is 33.6 Å². The van der Waals surface area contributed by atoms with Crippen molar-refractivity contribution in [2.45, 2.75) is 0 Å². The maximum Gasteiger partial charge on any atom is 0.172 e. The fourth-order valence-electron chi connectivity index (χ4n) is 10.3. The zero-order chi connectivity index (χ0) is 39.7. The first kappa shape index (κ1) is 34.0. The summed E-state index contributed by atoms with van der Waals surface area (Å²) in [6, 6.07) is 71.1. The minimum Gasteiger partial charge on any atom is -0.309 e. The van der Waals surface area contributed by atoms with E-state index in [4.69, 9.17) is 0 Å². The van der Waals surface area contributed by atoms with Crippen LogP contribution in [0.4, 0.5) is 0 Å². The Morgan fingerprint density at radius 2 is 0.733 bits per heavy atom. The third kappa shape index (κ3) is 4.37. The van der Waals surface area contributed by atoms with Crippen molar-refractivity contribution in [2.24, 2.45) is 0 Å². The molecular formula is C54H34N2O2P2. The molecule has 0 radical (unpaired) electrons. The highest BCUT2D eigenvalue weighted by molar-refractivity contribution is 7.89. The minimum atomic E-state index is -3.30. The van der Waals surface area contributed by atoms with E-state index in [0.29, 0.717) is 0 Å². The predicted octanol–water partition coefficient (Wildman–Crippen LogP) is 11.1. The van der Waals surface area contributed by atoms with Crippen molar-refractivity contribution < 1.29 is 9.13 Å². The molecule has 2 aromatic heterocycles. The lowest BCUT2D eigenvalue weighted by Crippen LogP contribution is -2.28. The van der Waals surface area contributed by atoms with Crippen molar-refractivity contribution in [3.63, 3.8) is 0 Å². The summed E-state index contributed by atoms with van der Waals surface area (Å²) in [7, 11) is -6.60. The molecule has 0 N–H and O–H groups in total. The summed E-state index contributed by atoms with van der Waals surface area (Å²) in [4.78, 5) is 0. The third-order valence-corrected chi connectivity index (χ3v) is 19.1. The fraction of sp³-hybridized carbons (Fsp3) is 0. The van der Waals surface area contributed by atoms with Crippen LogP contribution in [0, 0.1) is 0 Å². The zero-order valence-electron chi connectivity index (χ0n) is 32.2. The molecule has 0 fully saturated rings. The summed E-state index contributed by atoms with van der Waals surface area (Å²) < 4.78 is 36.6. The van der Waals surface area contributed by atoms with Gasteiger partial charge in [-0.15, -0.1) is 0 Å². The molecule has 282 valence electrons. The van der Waals surface area contributed by atoms with Gasteiger partial charge in [-0.2, -0.15) is 0 Å². The van der Waals surface area contributed by atoms with Crippen molar-refractivity contribution in [2.75, 3.05) is 0 Å². The van der Waals surface area contributed by atoms with Crippen LogP contribution in [0.5, 0.6) is 0 Å². The molecule has 6 heteroatoms. The van der Waals surface area contributed by atoms with E-state index in [0.717, 1.165) is 82.0 Å². The van der Waals surface area contributed by atoms with Crippen molar-refractivity contribution in [1.29, 1.82) is 0 Å². The Morgan fingerprint density at radius 1 is 0.300 bits per heavy atom. The highest BCUT2D eigenvalue weighted by atomic mass is 31.2. The molecule has 11 aromatic rings. The van der Waals surface area contributed by atoms with Crippen LogP contribution in [0.3, 0.4) is 0 Å². The highest BCUT2D eigenvalue weighted by Gasteiger charge is 2.52. The Labute approximate surface area is 346 Å². The largest absolute Gasteiger partial charge is 0.309 e. The van der Waals surface area contributed by atoms with Crippen LogP contribution in [-0.2, 0) is 9.13 Å². The molecule has 9 aromatic carbocycles. The van der Waals surface area contributed by atoms with Crippen LogP contribution < -0.4 is 31.8 Å². The number of rotatable bonds is 5. The number of fused-ring (bicyclic) bond motifs is 6. The second kappa shape index (κ2) is 12.3. The molecule has 4 heterocycles. The Hall–Kier alpha value is -6.96. The molecule has 0 saturated heterocycles.